The van der Waals surface area contributed by atoms with Crippen LogP contribution in [0.1, 0.15) is 170 Å². The van der Waals surface area contributed by atoms with Crippen molar-refractivity contribution in [2.75, 3.05) is 9.80 Å². The molecule has 0 unspecified atom stereocenters. The van der Waals surface area contributed by atoms with Crippen molar-refractivity contribution in [1.82, 2.24) is 0 Å². The maximum absolute atomic E-state index is 15.7. The molecule has 64 heavy (non-hydrogen) atoms. The lowest BCUT2D eigenvalue weighted by Gasteiger charge is -2.36. The van der Waals surface area contributed by atoms with Gasteiger partial charge in [0.2, 0.25) is 0 Å². The number of benzene rings is 7. The summed E-state index contributed by atoms with van der Waals surface area (Å²) < 4.78 is 0. The van der Waals surface area contributed by atoms with Gasteiger partial charge in [0.1, 0.15) is 16.1 Å². The van der Waals surface area contributed by atoms with Crippen LogP contribution in [0.2, 0.25) is 24.2 Å². The molecule has 0 radical (unpaired) electrons. The zero-order valence-electron chi connectivity index (χ0n) is 39.4. The lowest BCUT2D eigenvalue weighted by molar-refractivity contribution is 0.0877. The standard InChI is InChI=1S/C56H58N2O4Si2/c1-13-63(14-2)39-23-35-43-37(55(61)57(53(35)59)51-31(27(5)6)19-17-20-32(51)28(7)8)25-41-47-48-42(64(41,15-3)16-4)26-38-44-36(24-40(63)46(50(44)48)45(39)49(43)47)54(60)58(56(38)62)52-33(29(9)10)21-18-22-34(52)30(11)12/h17-30H,13-16H2,1-12H3. The van der Waals surface area contributed by atoms with Gasteiger partial charge in [-0.2, -0.15) is 0 Å². The third-order valence-corrected chi connectivity index (χ3v) is 27.2. The maximum Gasteiger partial charge on any atom is 0.266 e. The lowest BCUT2D eigenvalue weighted by atomic mass is 9.81. The van der Waals surface area contributed by atoms with Crippen LogP contribution in [0.5, 0.6) is 0 Å². The Morgan fingerprint density at radius 1 is 0.375 bits per heavy atom. The highest BCUT2D eigenvalue weighted by atomic mass is 28.3. The van der Waals surface area contributed by atoms with Crippen molar-refractivity contribution in [3.63, 3.8) is 0 Å². The number of para-hydroxylation sites is 2. The lowest BCUT2D eigenvalue weighted by Crippen LogP contribution is -2.56. The summed E-state index contributed by atoms with van der Waals surface area (Å²) in [5.41, 5.74) is 7.90. The molecule has 4 aliphatic heterocycles. The van der Waals surface area contributed by atoms with Crippen LogP contribution in [0.3, 0.4) is 0 Å². The summed E-state index contributed by atoms with van der Waals surface area (Å²) in [6, 6.07) is 24.8. The Labute approximate surface area is 378 Å². The highest BCUT2D eigenvalue weighted by molar-refractivity contribution is 7.10. The van der Waals surface area contributed by atoms with Crippen molar-refractivity contribution in [2.45, 2.75) is 131 Å². The van der Waals surface area contributed by atoms with E-state index in [0.717, 1.165) is 101 Å². The molecule has 0 saturated carbocycles. The number of rotatable bonds is 10. The molecule has 0 aromatic heterocycles. The van der Waals surface area contributed by atoms with E-state index in [9.17, 15) is 0 Å². The molecule has 0 aliphatic carbocycles. The van der Waals surface area contributed by atoms with E-state index in [0.29, 0.717) is 22.3 Å². The van der Waals surface area contributed by atoms with Crippen LogP contribution in [-0.4, -0.2) is 39.8 Å². The molecule has 0 saturated heterocycles. The van der Waals surface area contributed by atoms with Crippen molar-refractivity contribution < 1.29 is 19.2 Å². The summed E-state index contributed by atoms with van der Waals surface area (Å²) >= 11 is 0. The number of anilines is 2. The number of hydrogen-bond acceptors (Lipinski definition) is 4. The molecule has 0 spiro atoms. The monoisotopic (exact) mass is 878 g/mol. The highest BCUT2D eigenvalue weighted by Gasteiger charge is 2.53. The minimum Gasteiger partial charge on any atom is -0.268 e. The van der Waals surface area contributed by atoms with E-state index in [-0.39, 0.29) is 47.3 Å². The predicted octanol–water partition coefficient (Wildman–Crippen LogP) is 11.7. The normalized spacial score (nSPS) is 16.9. The van der Waals surface area contributed by atoms with Crippen molar-refractivity contribution >= 4 is 115 Å². The first-order chi connectivity index (χ1) is 30.6. The summed E-state index contributed by atoms with van der Waals surface area (Å²) in [4.78, 5) is 65.8. The summed E-state index contributed by atoms with van der Waals surface area (Å²) in [6.07, 6.45) is 0. The molecule has 0 N–H and O–H groups in total. The SMILES string of the molecule is CC[Si]1(CC)c2cc3c4c(cc5c6c7c(cc8c9c(cc1c(c2c46)c97)C(=O)N(c1c(C(C)C)cccc1C(C)C)C8=O)[Si]5(CC)CC)C(=O)N(c1c(C(C)C)cccc1C(C)C)C3=O. The molecular weight excluding hydrogens is 821 g/mol. The number of amides is 4. The first-order valence-corrected chi connectivity index (χ1v) is 28.8. The first-order valence-electron chi connectivity index (χ1n) is 24.0. The Kier molecular flexibility index (Phi) is 8.74. The predicted molar refractivity (Wildman–Crippen MR) is 271 cm³/mol. The molecule has 4 amide bonds. The van der Waals surface area contributed by atoms with Crippen LogP contribution >= 0.6 is 0 Å². The molecule has 0 bridgehead atoms. The van der Waals surface area contributed by atoms with Gasteiger partial charge in [-0.05, 0) is 123 Å². The number of hydrogen-bond donors (Lipinski definition) is 0. The second-order valence-electron chi connectivity index (χ2n) is 20.5. The molecule has 0 atom stereocenters. The quantitative estimate of drug-likeness (QED) is 0.0594. The van der Waals surface area contributed by atoms with Gasteiger partial charge < -0.3 is 0 Å². The van der Waals surface area contributed by atoms with Gasteiger partial charge in [-0.15, -0.1) is 0 Å². The third kappa shape index (κ3) is 4.61. The fourth-order valence-electron chi connectivity index (χ4n) is 13.4. The Balaban J connectivity index is 1.31. The van der Waals surface area contributed by atoms with E-state index in [1.165, 1.54) is 20.7 Å². The van der Waals surface area contributed by atoms with Gasteiger partial charge in [-0.25, -0.2) is 9.80 Å². The molecule has 7 aromatic carbocycles. The molecule has 11 rings (SSSR count). The van der Waals surface area contributed by atoms with Crippen LogP contribution in [0.4, 0.5) is 11.4 Å². The van der Waals surface area contributed by atoms with Gasteiger partial charge in [0.05, 0.1) is 11.4 Å². The van der Waals surface area contributed by atoms with Crippen molar-refractivity contribution in [3.8, 4) is 0 Å². The Morgan fingerprint density at radius 2 is 0.609 bits per heavy atom. The summed E-state index contributed by atoms with van der Waals surface area (Å²) in [5, 5.41) is 13.3. The number of carbonyl (C=O) groups is 4. The Hall–Kier alpha value is -5.45. The topological polar surface area (TPSA) is 74.8 Å². The summed E-state index contributed by atoms with van der Waals surface area (Å²) in [7, 11) is -5.34. The molecule has 6 nitrogen and oxygen atoms in total. The van der Waals surface area contributed by atoms with E-state index in [4.69, 9.17) is 0 Å². The van der Waals surface area contributed by atoms with Gasteiger partial charge in [-0.1, -0.05) is 144 Å². The molecule has 0 fully saturated rings. The maximum atomic E-state index is 15.7. The molecule has 324 valence electrons. The Morgan fingerprint density at radius 3 is 0.812 bits per heavy atom. The minimum absolute atomic E-state index is 0.0887. The minimum atomic E-state index is -2.67. The smallest absolute Gasteiger partial charge is 0.266 e. The highest BCUT2D eigenvalue weighted by Crippen LogP contribution is 2.53. The average Bonchev–Trinajstić information content (AvgIpc) is 3.73. The van der Waals surface area contributed by atoms with Gasteiger partial charge >= 0.3 is 0 Å². The van der Waals surface area contributed by atoms with E-state index in [1.807, 2.05) is 0 Å². The van der Waals surface area contributed by atoms with Gasteiger partial charge in [-0.3, -0.25) is 19.2 Å². The van der Waals surface area contributed by atoms with Crippen LogP contribution in [0.15, 0.2) is 60.7 Å². The van der Waals surface area contributed by atoms with Crippen LogP contribution in [0.25, 0.3) is 43.1 Å². The number of imide groups is 2. The van der Waals surface area contributed by atoms with Crippen molar-refractivity contribution in [3.05, 3.63) is 105 Å². The zero-order chi connectivity index (χ0) is 45.4. The molecule has 7 aromatic rings. The Bertz CT molecular complexity index is 2920. The number of carbonyl (C=O) groups excluding carboxylic acids is 4. The largest absolute Gasteiger partial charge is 0.268 e. The van der Waals surface area contributed by atoms with Gasteiger partial charge in [0, 0.05) is 33.0 Å². The van der Waals surface area contributed by atoms with Crippen molar-refractivity contribution in [1.29, 1.82) is 0 Å². The number of nitrogens with zero attached hydrogens (tertiary/aromatic N) is 2. The average molecular weight is 879 g/mol. The summed E-state index contributed by atoms with van der Waals surface area (Å²) in [6.45, 7) is 26.3. The zero-order valence-corrected chi connectivity index (χ0v) is 41.4. The van der Waals surface area contributed by atoms with E-state index < -0.39 is 16.1 Å². The van der Waals surface area contributed by atoms with Crippen LogP contribution < -0.4 is 30.5 Å². The molecule has 4 aliphatic rings. The summed E-state index contributed by atoms with van der Waals surface area (Å²) in [5.74, 6) is -0.645. The first kappa shape index (κ1) is 41.3. The van der Waals surface area contributed by atoms with E-state index >= 15 is 19.2 Å². The third-order valence-electron chi connectivity index (χ3n) is 16.7. The fraction of sp³-hybridized carbons (Fsp3) is 0.357. The fourth-order valence-corrected chi connectivity index (χ4v) is 22.6. The van der Waals surface area contributed by atoms with Gasteiger partial charge in [0.25, 0.3) is 23.6 Å². The van der Waals surface area contributed by atoms with Crippen LogP contribution in [0, 0.1) is 0 Å². The van der Waals surface area contributed by atoms with Crippen LogP contribution in [-0.2, 0) is 0 Å². The molecular formula is C56H58N2O4Si2. The van der Waals surface area contributed by atoms with Crippen molar-refractivity contribution in [2.24, 2.45) is 0 Å². The van der Waals surface area contributed by atoms with Gasteiger partial charge in [0.15, 0.2) is 0 Å². The van der Waals surface area contributed by atoms with E-state index in [1.54, 1.807) is 9.80 Å². The molecule has 8 heteroatoms. The van der Waals surface area contributed by atoms with E-state index in [2.05, 4.69) is 144 Å². The second-order valence-corrected chi connectivity index (χ2v) is 29.9. The second kappa shape index (κ2) is 13.6. The molecule has 4 heterocycles.